The molecule has 2 aromatic carbocycles. The minimum atomic E-state index is 0.277. The van der Waals surface area contributed by atoms with Crippen molar-refractivity contribution in [3.05, 3.63) is 64.7 Å². The lowest BCUT2D eigenvalue weighted by Crippen LogP contribution is -2.30. The molecule has 0 aliphatic carbocycles. The molecule has 0 radical (unpaired) electrons. The molecule has 19 heavy (non-hydrogen) atoms. The van der Waals surface area contributed by atoms with Gasteiger partial charge in [0.1, 0.15) is 5.75 Å². The number of aryl methyl sites for hydroxylation is 1. The summed E-state index contributed by atoms with van der Waals surface area (Å²) in [6, 6.07) is 15.4. The average Bonchev–Trinajstić information content (AvgIpc) is 2.47. The quantitative estimate of drug-likeness (QED) is 0.887. The summed E-state index contributed by atoms with van der Waals surface area (Å²) >= 11 is 0. The Balaban J connectivity index is 2.05. The first kappa shape index (κ1) is 12.2. The molecule has 1 atom stereocenters. The first-order chi connectivity index (χ1) is 9.29. The maximum atomic E-state index is 5.49. The van der Waals surface area contributed by atoms with E-state index in [9.17, 15) is 0 Å². The van der Waals surface area contributed by atoms with Crippen molar-refractivity contribution in [2.45, 2.75) is 19.4 Å². The number of rotatable bonds is 2. The summed E-state index contributed by atoms with van der Waals surface area (Å²) < 4.78 is 5.49. The standard InChI is InChI=1S/C17H19NO/c1-12-6-8-13(9-7-12)17-15-4-3-5-16(19-2)14(15)10-11-18-17/h3-9,17-18H,10-11H2,1-2H3. The van der Waals surface area contributed by atoms with Crippen molar-refractivity contribution in [2.75, 3.05) is 13.7 Å². The van der Waals surface area contributed by atoms with Crippen LogP contribution in [0.3, 0.4) is 0 Å². The fraction of sp³-hybridized carbons (Fsp3) is 0.294. The Morgan fingerprint density at radius 1 is 1.11 bits per heavy atom. The molecule has 1 unspecified atom stereocenters. The summed E-state index contributed by atoms with van der Waals surface area (Å²) in [7, 11) is 1.75. The first-order valence-corrected chi connectivity index (χ1v) is 6.75. The number of nitrogens with one attached hydrogen (secondary N) is 1. The van der Waals surface area contributed by atoms with Gasteiger partial charge in [0.15, 0.2) is 0 Å². The highest BCUT2D eigenvalue weighted by Gasteiger charge is 2.23. The van der Waals surface area contributed by atoms with E-state index < -0.39 is 0 Å². The monoisotopic (exact) mass is 253 g/mol. The van der Waals surface area contributed by atoms with Gasteiger partial charge in [0.05, 0.1) is 13.2 Å². The summed E-state index contributed by atoms with van der Waals surface area (Å²) in [5.41, 5.74) is 5.30. The minimum absolute atomic E-state index is 0.277. The Labute approximate surface area is 114 Å². The van der Waals surface area contributed by atoms with Crippen LogP contribution in [0.25, 0.3) is 0 Å². The molecule has 3 rings (SSSR count). The third-order valence-electron chi connectivity index (χ3n) is 3.83. The van der Waals surface area contributed by atoms with Gasteiger partial charge in [-0.2, -0.15) is 0 Å². The number of ether oxygens (including phenoxy) is 1. The lowest BCUT2D eigenvalue weighted by molar-refractivity contribution is 0.403. The Kier molecular flexibility index (Phi) is 3.26. The van der Waals surface area contributed by atoms with Gasteiger partial charge in [0.25, 0.3) is 0 Å². The summed E-state index contributed by atoms with van der Waals surface area (Å²) in [4.78, 5) is 0. The molecule has 0 saturated heterocycles. The fourth-order valence-corrected chi connectivity index (χ4v) is 2.82. The van der Waals surface area contributed by atoms with Crippen molar-refractivity contribution in [3.8, 4) is 5.75 Å². The van der Waals surface area contributed by atoms with Crippen LogP contribution in [0, 0.1) is 6.92 Å². The zero-order valence-electron chi connectivity index (χ0n) is 11.4. The van der Waals surface area contributed by atoms with E-state index >= 15 is 0 Å². The van der Waals surface area contributed by atoms with E-state index in [2.05, 4.69) is 54.7 Å². The van der Waals surface area contributed by atoms with Crippen molar-refractivity contribution in [1.82, 2.24) is 5.32 Å². The molecule has 0 fully saturated rings. The van der Waals surface area contributed by atoms with Crippen molar-refractivity contribution in [3.63, 3.8) is 0 Å². The van der Waals surface area contributed by atoms with Gasteiger partial charge < -0.3 is 10.1 Å². The molecule has 2 heteroatoms. The lowest BCUT2D eigenvalue weighted by Gasteiger charge is -2.28. The highest BCUT2D eigenvalue weighted by molar-refractivity contribution is 5.47. The minimum Gasteiger partial charge on any atom is -0.496 e. The molecule has 1 aliphatic heterocycles. The molecule has 1 N–H and O–H groups in total. The molecular formula is C17H19NO. The van der Waals surface area contributed by atoms with Gasteiger partial charge in [-0.15, -0.1) is 0 Å². The van der Waals surface area contributed by atoms with Crippen LogP contribution >= 0.6 is 0 Å². The van der Waals surface area contributed by atoms with Crippen LogP contribution in [0.2, 0.25) is 0 Å². The molecule has 0 amide bonds. The fourth-order valence-electron chi connectivity index (χ4n) is 2.82. The molecule has 0 aromatic heterocycles. The third-order valence-corrected chi connectivity index (χ3v) is 3.83. The number of hydrogen-bond acceptors (Lipinski definition) is 2. The van der Waals surface area contributed by atoms with E-state index in [-0.39, 0.29) is 6.04 Å². The lowest BCUT2D eigenvalue weighted by atomic mass is 9.89. The normalized spacial score (nSPS) is 17.9. The van der Waals surface area contributed by atoms with Crippen molar-refractivity contribution >= 4 is 0 Å². The number of benzene rings is 2. The highest BCUT2D eigenvalue weighted by Crippen LogP contribution is 2.33. The summed E-state index contributed by atoms with van der Waals surface area (Å²) in [6.07, 6.45) is 1.03. The van der Waals surface area contributed by atoms with Crippen LogP contribution in [0.4, 0.5) is 0 Å². The maximum Gasteiger partial charge on any atom is 0.122 e. The molecular weight excluding hydrogens is 234 g/mol. The number of fused-ring (bicyclic) bond motifs is 1. The predicted molar refractivity (Wildman–Crippen MR) is 77.7 cm³/mol. The Hall–Kier alpha value is -1.80. The molecule has 1 heterocycles. The average molecular weight is 253 g/mol. The second-order valence-corrected chi connectivity index (χ2v) is 5.08. The molecule has 0 spiro atoms. The van der Waals surface area contributed by atoms with Crippen molar-refractivity contribution in [2.24, 2.45) is 0 Å². The number of methoxy groups -OCH3 is 1. The van der Waals surface area contributed by atoms with Gasteiger partial charge in [-0.05, 0) is 30.5 Å². The summed E-state index contributed by atoms with van der Waals surface area (Å²) in [6.45, 7) is 3.11. The summed E-state index contributed by atoms with van der Waals surface area (Å²) in [5, 5.41) is 3.61. The van der Waals surface area contributed by atoms with Gasteiger partial charge in [-0.1, -0.05) is 42.0 Å². The Bertz CT molecular complexity index is 574. The molecule has 98 valence electrons. The topological polar surface area (TPSA) is 21.3 Å². The van der Waals surface area contributed by atoms with E-state index in [1.54, 1.807) is 7.11 Å². The molecule has 0 bridgehead atoms. The van der Waals surface area contributed by atoms with Crippen LogP contribution in [0.15, 0.2) is 42.5 Å². The van der Waals surface area contributed by atoms with Gasteiger partial charge in [-0.3, -0.25) is 0 Å². The van der Waals surface area contributed by atoms with E-state index in [0.717, 1.165) is 18.7 Å². The van der Waals surface area contributed by atoms with Gasteiger partial charge >= 0.3 is 0 Å². The highest BCUT2D eigenvalue weighted by atomic mass is 16.5. The smallest absolute Gasteiger partial charge is 0.122 e. The van der Waals surface area contributed by atoms with E-state index in [4.69, 9.17) is 4.74 Å². The van der Waals surface area contributed by atoms with Crippen LogP contribution in [0.5, 0.6) is 5.75 Å². The van der Waals surface area contributed by atoms with Gasteiger partial charge in [-0.25, -0.2) is 0 Å². The molecule has 0 saturated carbocycles. The van der Waals surface area contributed by atoms with E-state index in [1.165, 1.54) is 22.3 Å². The van der Waals surface area contributed by atoms with Crippen LogP contribution in [-0.2, 0) is 6.42 Å². The van der Waals surface area contributed by atoms with Crippen LogP contribution in [0.1, 0.15) is 28.3 Å². The second kappa shape index (κ2) is 5.06. The van der Waals surface area contributed by atoms with E-state index in [1.807, 2.05) is 0 Å². The van der Waals surface area contributed by atoms with Crippen molar-refractivity contribution in [1.29, 1.82) is 0 Å². The molecule has 1 aliphatic rings. The summed E-state index contributed by atoms with van der Waals surface area (Å²) in [5.74, 6) is 1.01. The van der Waals surface area contributed by atoms with E-state index in [0.29, 0.717) is 0 Å². The van der Waals surface area contributed by atoms with Gasteiger partial charge in [0.2, 0.25) is 0 Å². The first-order valence-electron chi connectivity index (χ1n) is 6.75. The second-order valence-electron chi connectivity index (χ2n) is 5.08. The zero-order valence-corrected chi connectivity index (χ0v) is 11.4. The maximum absolute atomic E-state index is 5.49. The van der Waals surface area contributed by atoms with Crippen molar-refractivity contribution < 1.29 is 4.74 Å². The SMILES string of the molecule is COc1cccc2c1CCNC2c1ccc(C)cc1. The van der Waals surface area contributed by atoms with Gasteiger partial charge in [0, 0.05) is 12.1 Å². The number of hydrogen-bond donors (Lipinski definition) is 1. The molecule has 2 nitrogen and oxygen atoms in total. The Morgan fingerprint density at radius 3 is 2.63 bits per heavy atom. The predicted octanol–water partition coefficient (Wildman–Crippen LogP) is 3.24. The largest absolute Gasteiger partial charge is 0.496 e. The Morgan fingerprint density at radius 2 is 1.89 bits per heavy atom. The third kappa shape index (κ3) is 2.24. The zero-order chi connectivity index (χ0) is 13.2. The van der Waals surface area contributed by atoms with Crippen LogP contribution < -0.4 is 10.1 Å². The molecule has 2 aromatic rings. The van der Waals surface area contributed by atoms with Crippen LogP contribution in [-0.4, -0.2) is 13.7 Å².